The third-order valence-corrected chi connectivity index (χ3v) is 7.79. The number of hydrogen-bond acceptors (Lipinski definition) is 3. The Morgan fingerprint density at radius 1 is 1.07 bits per heavy atom. The van der Waals surface area contributed by atoms with Gasteiger partial charge in [0.15, 0.2) is 0 Å². The van der Waals surface area contributed by atoms with Gasteiger partial charge in [-0.1, -0.05) is 35.9 Å². The number of hydrogen-bond donors (Lipinski definition) is 1. The minimum Gasteiger partial charge on any atom is -0.349 e. The minimum atomic E-state index is -3.63. The molecule has 2 aromatic carbocycles. The normalized spacial score (nSPS) is 22.6. The second-order valence-electron chi connectivity index (χ2n) is 7.45. The third-order valence-electron chi connectivity index (χ3n) is 5.66. The van der Waals surface area contributed by atoms with E-state index in [4.69, 9.17) is 11.6 Å². The van der Waals surface area contributed by atoms with Gasteiger partial charge in [-0.3, -0.25) is 4.79 Å². The number of sulfonamides is 1. The second-order valence-corrected chi connectivity index (χ2v) is 9.83. The molecular weight excluding hydrogens is 396 g/mol. The van der Waals surface area contributed by atoms with E-state index in [0.29, 0.717) is 24.4 Å². The number of carbonyl (C=O) groups excluding carboxylic acids is 1. The van der Waals surface area contributed by atoms with Crippen LogP contribution in [0.2, 0.25) is 5.02 Å². The molecule has 5 nitrogen and oxygen atoms in total. The van der Waals surface area contributed by atoms with Gasteiger partial charge in [0.05, 0.1) is 16.9 Å². The Bertz CT molecular complexity index is 975. The smallest absolute Gasteiger partial charge is 0.243 e. The van der Waals surface area contributed by atoms with E-state index in [2.05, 4.69) is 17.4 Å². The Balaban J connectivity index is 1.45. The molecule has 2 aromatic rings. The molecule has 0 aromatic heterocycles. The highest BCUT2D eigenvalue weighted by Crippen LogP contribution is 2.32. The molecule has 1 N–H and O–H groups in total. The van der Waals surface area contributed by atoms with Crippen molar-refractivity contribution in [1.29, 1.82) is 0 Å². The Morgan fingerprint density at radius 2 is 1.82 bits per heavy atom. The molecule has 1 saturated heterocycles. The summed E-state index contributed by atoms with van der Waals surface area (Å²) in [6, 6.07) is 14.3. The highest BCUT2D eigenvalue weighted by Gasteiger charge is 2.34. The standard InChI is InChI=1S/C21H23ClN2O3S/c22-17-8-10-18(11-9-17)28(26,27)24-13-3-5-16(14-24)21(25)23-20-12-7-15-4-1-2-6-19(15)20/h1-2,4,6,8-11,16,20H,3,5,7,12-14H2,(H,23,25)/t16-,20+/m0/s1. The first kappa shape index (κ1) is 19.4. The summed E-state index contributed by atoms with van der Waals surface area (Å²) in [6.45, 7) is 0.645. The molecule has 0 radical (unpaired) electrons. The van der Waals surface area contributed by atoms with Crippen LogP contribution in [0.3, 0.4) is 0 Å². The van der Waals surface area contributed by atoms with Crippen molar-refractivity contribution in [2.24, 2.45) is 5.92 Å². The zero-order chi connectivity index (χ0) is 19.7. The Kier molecular flexibility index (Phi) is 5.45. The van der Waals surface area contributed by atoms with Gasteiger partial charge < -0.3 is 5.32 Å². The molecule has 1 aliphatic carbocycles. The van der Waals surface area contributed by atoms with Crippen LogP contribution in [0.25, 0.3) is 0 Å². The topological polar surface area (TPSA) is 66.5 Å². The van der Waals surface area contributed by atoms with Crippen LogP contribution < -0.4 is 5.32 Å². The van der Waals surface area contributed by atoms with E-state index in [9.17, 15) is 13.2 Å². The molecule has 0 spiro atoms. The molecule has 28 heavy (non-hydrogen) atoms. The fraction of sp³-hybridized carbons (Fsp3) is 0.381. The number of fused-ring (bicyclic) bond motifs is 1. The van der Waals surface area contributed by atoms with Crippen LogP contribution >= 0.6 is 11.6 Å². The molecule has 0 unspecified atom stereocenters. The van der Waals surface area contributed by atoms with Crippen molar-refractivity contribution < 1.29 is 13.2 Å². The monoisotopic (exact) mass is 418 g/mol. The summed E-state index contributed by atoms with van der Waals surface area (Å²) >= 11 is 5.87. The first-order chi connectivity index (χ1) is 13.4. The van der Waals surface area contributed by atoms with Gasteiger partial charge in [-0.05, 0) is 61.1 Å². The lowest BCUT2D eigenvalue weighted by molar-refractivity contribution is -0.126. The fourth-order valence-corrected chi connectivity index (χ4v) is 5.78. The number of amides is 1. The summed E-state index contributed by atoms with van der Waals surface area (Å²) < 4.78 is 27.3. The van der Waals surface area contributed by atoms with Crippen molar-refractivity contribution in [2.75, 3.05) is 13.1 Å². The highest BCUT2D eigenvalue weighted by atomic mass is 35.5. The number of benzene rings is 2. The largest absolute Gasteiger partial charge is 0.349 e. The molecule has 1 fully saturated rings. The van der Waals surface area contributed by atoms with Crippen molar-refractivity contribution in [2.45, 2.75) is 36.6 Å². The molecule has 1 heterocycles. The average molecular weight is 419 g/mol. The lowest BCUT2D eigenvalue weighted by Crippen LogP contribution is -2.45. The molecular formula is C21H23ClN2O3S. The van der Waals surface area contributed by atoms with Crippen LogP contribution in [0.1, 0.15) is 36.4 Å². The van der Waals surface area contributed by atoms with Gasteiger partial charge in [0.25, 0.3) is 0 Å². The van der Waals surface area contributed by atoms with E-state index in [1.807, 2.05) is 12.1 Å². The molecule has 1 amide bonds. The summed E-state index contributed by atoms with van der Waals surface area (Å²) in [5, 5.41) is 3.64. The maximum absolute atomic E-state index is 12.9. The van der Waals surface area contributed by atoms with E-state index in [1.54, 1.807) is 12.1 Å². The van der Waals surface area contributed by atoms with Crippen molar-refractivity contribution in [3.63, 3.8) is 0 Å². The zero-order valence-corrected chi connectivity index (χ0v) is 17.0. The van der Waals surface area contributed by atoms with Crippen molar-refractivity contribution in [3.8, 4) is 0 Å². The summed E-state index contributed by atoms with van der Waals surface area (Å²) in [6.07, 6.45) is 3.23. The van der Waals surface area contributed by atoms with Gasteiger partial charge in [-0.15, -0.1) is 0 Å². The fourth-order valence-electron chi connectivity index (χ4n) is 4.13. The molecule has 0 bridgehead atoms. The molecule has 1 aliphatic heterocycles. The molecule has 4 rings (SSSR count). The lowest BCUT2D eigenvalue weighted by atomic mass is 9.98. The van der Waals surface area contributed by atoms with E-state index in [-0.39, 0.29) is 29.3 Å². The van der Waals surface area contributed by atoms with Crippen LogP contribution in [0, 0.1) is 5.92 Å². The Morgan fingerprint density at radius 3 is 2.61 bits per heavy atom. The minimum absolute atomic E-state index is 0.0203. The second kappa shape index (κ2) is 7.85. The SMILES string of the molecule is O=C(N[C@@H]1CCc2ccccc21)[C@H]1CCCN(S(=O)(=O)c2ccc(Cl)cc2)C1. The number of piperidine rings is 1. The number of halogens is 1. The summed E-state index contributed by atoms with van der Waals surface area (Å²) in [7, 11) is -3.63. The van der Waals surface area contributed by atoms with Gasteiger partial charge in [-0.25, -0.2) is 8.42 Å². The van der Waals surface area contributed by atoms with E-state index in [1.165, 1.54) is 27.6 Å². The number of aryl methyl sites for hydroxylation is 1. The third kappa shape index (κ3) is 3.81. The van der Waals surface area contributed by atoms with Crippen molar-refractivity contribution in [3.05, 3.63) is 64.7 Å². The average Bonchev–Trinajstić information content (AvgIpc) is 3.11. The first-order valence-electron chi connectivity index (χ1n) is 9.59. The lowest BCUT2D eigenvalue weighted by Gasteiger charge is -2.32. The highest BCUT2D eigenvalue weighted by molar-refractivity contribution is 7.89. The summed E-state index contributed by atoms with van der Waals surface area (Å²) in [5.41, 5.74) is 2.46. The van der Waals surface area contributed by atoms with Gasteiger partial charge in [-0.2, -0.15) is 4.31 Å². The maximum atomic E-state index is 12.9. The summed E-state index contributed by atoms with van der Waals surface area (Å²) in [5.74, 6) is -0.388. The first-order valence-corrected chi connectivity index (χ1v) is 11.4. The van der Waals surface area contributed by atoms with Crippen LogP contribution in [-0.4, -0.2) is 31.7 Å². The summed E-state index contributed by atoms with van der Waals surface area (Å²) in [4.78, 5) is 13.1. The molecule has 7 heteroatoms. The van der Waals surface area contributed by atoms with E-state index in [0.717, 1.165) is 12.8 Å². The van der Waals surface area contributed by atoms with Gasteiger partial charge in [0, 0.05) is 18.1 Å². The Hall–Kier alpha value is -1.89. The molecule has 0 saturated carbocycles. The van der Waals surface area contributed by atoms with E-state index < -0.39 is 10.0 Å². The van der Waals surface area contributed by atoms with Gasteiger partial charge >= 0.3 is 0 Å². The predicted octanol–water partition coefficient (Wildman–Crippen LogP) is 3.54. The molecule has 2 atom stereocenters. The van der Waals surface area contributed by atoms with Crippen LogP contribution in [0.5, 0.6) is 0 Å². The number of nitrogens with one attached hydrogen (secondary N) is 1. The van der Waals surface area contributed by atoms with Crippen LogP contribution in [-0.2, 0) is 21.2 Å². The van der Waals surface area contributed by atoms with Crippen LogP contribution in [0.4, 0.5) is 0 Å². The number of carbonyl (C=O) groups is 1. The van der Waals surface area contributed by atoms with Crippen molar-refractivity contribution in [1.82, 2.24) is 9.62 Å². The van der Waals surface area contributed by atoms with Crippen LogP contribution in [0.15, 0.2) is 53.4 Å². The zero-order valence-electron chi connectivity index (χ0n) is 15.5. The quantitative estimate of drug-likeness (QED) is 0.825. The predicted molar refractivity (Wildman–Crippen MR) is 109 cm³/mol. The van der Waals surface area contributed by atoms with E-state index >= 15 is 0 Å². The van der Waals surface area contributed by atoms with Gasteiger partial charge in [0.2, 0.25) is 15.9 Å². The molecule has 148 valence electrons. The number of rotatable bonds is 4. The number of nitrogens with zero attached hydrogens (tertiary/aromatic N) is 1. The van der Waals surface area contributed by atoms with Crippen molar-refractivity contribution >= 4 is 27.5 Å². The maximum Gasteiger partial charge on any atom is 0.243 e. The molecule has 2 aliphatic rings. The Labute approximate surface area is 170 Å². The van der Waals surface area contributed by atoms with Gasteiger partial charge in [0.1, 0.15) is 0 Å².